The third kappa shape index (κ3) is 5.30. The molecule has 8 aromatic rings. The molecule has 0 spiro atoms. The molecule has 0 radical (unpaired) electrons. The molecule has 0 atom stereocenters. The van der Waals surface area contributed by atoms with Crippen LogP contribution in [0.25, 0.3) is 34.2 Å². The van der Waals surface area contributed by atoms with Crippen molar-refractivity contribution in [2.45, 2.75) is 44.4 Å². The first-order valence-electron chi connectivity index (χ1n) is 19.4. The van der Waals surface area contributed by atoms with Gasteiger partial charge in [-0.15, -0.1) is 0 Å². The number of benzene rings is 6. The second kappa shape index (κ2) is 13.0. The maximum Gasteiger partial charge on any atom is 0.167 e. The van der Waals surface area contributed by atoms with Crippen LogP contribution >= 0.6 is 0 Å². The van der Waals surface area contributed by atoms with Crippen LogP contribution in [0.15, 0.2) is 170 Å². The molecule has 5 nitrogen and oxygen atoms in total. The van der Waals surface area contributed by atoms with Crippen LogP contribution in [0.4, 0.5) is 17.2 Å². The minimum Gasteiger partial charge on any atom is -0.294 e. The van der Waals surface area contributed by atoms with Gasteiger partial charge in [0.1, 0.15) is 5.82 Å². The fourth-order valence-corrected chi connectivity index (χ4v) is 9.11. The van der Waals surface area contributed by atoms with E-state index >= 15 is 0 Å². The quantitative estimate of drug-likeness (QED) is 0.177. The van der Waals surface area contributed by atoms with Crippen molar-refractivity contribution in [2.75, 3.05) is 4.90 Å². The first-order chi connectivity index (χ1) is 27.3. The summed E-state index contributed by atoms with van der Waals surface area (Å²) in [6.45, 7) is 9.29. The normalized spacial score (nSPS) is 15.0. The van der Waals surface area contributed by atoms with Crippen molar-refractivity contribution < 1.29 is 0 Å². The molecule has 5 heteroatoms. The molecule has 6 aromatic carbocycles. The summed E-state index contributed by atoms with van der Waals surface area (Å²) in [7, 11) is 0. The van der Waals surface area contributed by atoms with Gasteiger partial charge in [-0.3, -0.25) is 4.90 Å². The molecule has 56 heavy (non-hydrogen) atoms. The van der Waals surface area contributed by atoms with Gasteiger partial charge in [-0.1, -0.05) is 173 Å². The summed E-state index contributed by atoms with van der Waals surface area (Å²) in [4.78, 5) is 23.5. The average molecular weight is 724 g/mol. The predicted octanol–water partition coefficient (Wildman–Crippen LogP) is 12.2. The van der Waals surface area contributed by atoms with E-state index < -0.39 is 0 Å². The van der Waals surface area contributed by atoms with E-state index in [-0.39, 0.29) is 16.7 Å². The second-order valence-corrected chi connectivity index (χ2v) is 15.9. The number of aromatic nitrogens is 4. The standard InChI is InChI=1S/C51H41N5/c1-50(2)39-25-13-11-23-36(39)45(37-24-12-14-26-40(37)50)35-31-38(48-54-46(33-19-7-5-8-20-33)53-47(55-48)34-21-9-6-10-22-34)49(52-32-35)56-43-29-17-15-27-41(43)51(3,4)42-28-16-18-30-44(42)56/h5-32,45H,1-4H3. The van der Waals surface area contributed by atoms with Gasteiger partial charge in [-0.05, 0) is 57.1 Å². The molecule has 0 saturated carbocycles. The van der Waals surface area contributed by atoms with E-state index in [9.17, 15) is 0 Å². The third-order valence-electron chi connectivity index (χ3n) is 11.9. The van der Waals surface area contributed by atoms with Gasteiger partial charge in [0, 0.05) is 34.1 Å². The van der Waals surface area contributed by atoms with Gasteiger partial charge in [-0.25, -0.2) is 19.9 Å². The van der Waals surface area contributed by atoms with Crippen LogP contribution in [0.3, 0.4) is 0 Å². The van der Waals surface area contributed by atoms with E-state index in [1.807, 2.05) is 36.4 Å². The highest BCUT2D eigenvalue weighted by molar-refractivity contribution is 5.90. The van der Waals surface area contributed by atoms with Crippen molar-refractivity contribution in [3.05, 3.63) is 209 Å². The van der Waals surface area contributed by atoms with Crippen molar-refractivity contribution >= 4 is 17.2 Å². The molecule has 1 aliphatic carbocycles. The summed E-state index contributed by atoms with van der Waals surface area (Å²) >= 11 is 0. The molecule has 0 fully saturated rings. The maximum absolute atomic E-state index is 5.51. The molecule has 0 bridgehead atoms. The van der Waals surface area contributed by atoms with Gasteiger partial charge in [0.05, 0.1) is 16.9 Å². The minimum atomic E-state index is -0.222. The number of fused-ring (bicyclic) bond motifs is 4. The van der Waals surface area contributed by atoms with Crippen molar-refractivity contribution in [1.29, 1.82) is 0 Å². The fraction of sp³-hybridized carbons (Fsp3) is 0.137. The molecule has 1 aliphatic heterocycles. The smallest absolute Gasteiger partial charge is 0.167 e. The van der Waals surface area contributed by atoms with Crippen molar-refractivity contribution in [1.82, 2.24) is 19.9 Å². The van der Waals surface area contributed by atoms with Gasteiger partial charge < -0.3 is 0 Å². The number of hydrogen-bond donors (Lipinski definition) is 0. The van der Waals surface area contributed by atoms with Crippen molar-refractivity contribution in [3.63, 3.8) is 0 Å². The number of hydrogen-bond acceptors (Lipinski definition) is 5. The molecule has 2 aromatic heterocycles. The van der Waals surface area contributed by atoms with E-state index in [0.29, 0.717) is 17.5 Å². The van der Waals surface area contributed by atoms with E-state index in [1.165, 1.54) is 33.4 Å². The van der Waals surface area contributed by atoms with E-state index in [1.54, 1.807) is 0 Å². The lowest BCUT2D eigenvalue weighted by atomic mass is 9.64. The molecule has 0 saturated heterocycles. The summed E-state index contributed by atoms with van der Waals surface area (Å²) in [5.41, 5.74) is 13.3. The number of anilines is 3. The zero-order valence-electron chi connectivity index (χ0n) is 32.0. The molecule has 2 aliphatic rings. The van der Waals surface area contributed by atoms with Crippen LogP contribution in [0, 0.1) is 0 Å². The SMILES string of the molecule is CC1(C)c2ccccc2C(c2cnc(N3c4ccccc4C(C)(C)c4ccccc43)c(-c3nc(-c4ccccc4)nc(-c4ccccc4)n3)c2)c2ccccc21. The molecule has 0 amide bonds. The van der Waals surface area contributed by atoms with Crippen LogP contribution in [-0.2, 0) is 10.8 Å². The van der Waals surface area contributed by atoms with E-state index in [2.05, 4.69) is 166 Å². The third-order valence-corrected chi connectivity index (χ3v) is 11.9. The van der Waals surface area contributed by atoms with E-state index in [4.69, 9.17) is 19.9 Å². The Hall–Kier alpha value is -6.72. The van der Waals surface area contributed by atoms with Crippen LogP contribution in [-0.4, -0.2) is 19.9 Å². The maximum atomic E-state index is 5.51. The van der Waals surface area contributed by atoms with E-state index in [0.717, 1.165) is 39.4 Å². The summed E-state index contributed by atoms with van der Waals surface area (Å²) < 4.78 is 0. The molecule has 270 valence electrons. The highest BCUT2D eigenvalue weighted by Crippen LogP contribution is 2.54. The zero-order valence-corrected chi connectivity index (χ0v) is 32.0. The fourth-order valence-electron chi connectivity index (χ4n) is 9.11. The summed E-state index contributed by atoms with van der Waals surface area (Å²) in [6, 6.07) is 57.8. The molecule has 0 N–H and O–H groups in total. The summed E-state index contributed by atoms with van der Waals surface area (Å²) in [5, 5.41) is 0. The summed E-state index contributed by atoms with van der Waals surface area (Å²) in [5.74, 6) is 2.52. The summed E-state index contributed by atoms with van der Waals surface area (Å²) in [6.07, 6.45) is 2.08. The molecule has 0 unspecified atom stereocenters. The largest absolute Gasteiger partial charge is 0.294 e. The highest BCUT2D eigenvalue weighted by atomic mass is 15.2. The lowest BCUT2D eigenvalue weighted by Crippen LogP contribution is -2.31. The van der Waals surface area contributed by atoms with Gasteiger partial charge in [0.25, 0.3) is 0 Å². The number of pyridine rings is 1. The first kappa shape index (κ1) is 33.8. The number of para-hydroxylation sites is 2. The molecule has 3 heterocycles. The monoisotopic (exact) mass is 723 g/mol. The van der Waals surface area contributed by atoms with Gasteiger partial charge in [0.15, 0.2) is 17.5 Å². The first-order valence-corrected chi connectivity index (χ1v) is 19.4. The molecular formula is C51H41N5. The molecular weight excluding hydrogens is 683 g/mol. The Morgan fingerprint density at radius 1 is 0.446 bits per heavy atom. The van der Waals surface area contributed by atoms with Crippen LogP contribution in [0.1, 0.15) is 72.6 Å². The Labute approximate surface area is 328 Å². The Morgan fingerprint density at radius 3 is 1.38 bits per heavy atom. The Kier molecular flexibility index (Phi) is 7.82. The Balaban J connectivity index is 1.28. The topological polar surface area (TPSA) is 54.8 Å². The zero-order chi connectivity index (χ0) is 38.0. The Morgan fingerprint density at radius 2 is 0.857 bits per heavy atom. The minimum absolute atomic E-state index is 0.0420. The van der Waals surface area contributed by atoms with Gasteiger partial charge in [-0.2, -0.15) is 0 Å². The lowest BCUT2D eigenvalue weighted by molar-refractivity contribution is 0.597. The number of nitrogens with zero attached hydrogens (tertiary/aromatic N) is 5. The van der Waals surface area contributed by atoms with Crippen molar-refractivity contribution in [2.24, 2.45) is 0 Å². The van der Waals surface area contributed by atoms with Crippen LogP contribution in [0.2, 0.25) is 0 Å². The van der Waals surface area contributed by atoms with Crippen LogP contribution < -0.4 is 4.90 Å². The van der Waals surface area contributed by atoms with Crippen molar-refractivity contribution in [3.8, 4) is 34.2 Å². The average Bonchev–Trinajstić information content (AvgIpc) is 3.25. The highest BCUT2D eigenvalue weighted by Gasteiger charge is 2.40. The lowest BCUT2D eigenvalue weighted by Gasteiger charge is -2.42. The molecule has 10 rings (SSSR count). The number of rotatable bonds is 5. The predicted molar refractivity (Wildman–Crippen MR) is 227 cm³/mol. The second-order valence-electron chi connectivity index (χ2n) is 15.9. The van der Waals surface area contributed by atoms with Gasteiger partial charge >= 0.3 is 0 Å². The Bertz CT molecular complexity index is 2610. The van der Waals surface area contributed by atoms with Gasteiger partial charge in [0.2, 0.25) is 0 Å². The van der Waals surface area contributed by atoms with Crippen LogP contribution in [0.5, 0.6) is 0 Å².